The summed E-state index contributed by atoms with van der Waals surface area (Å²) in [5, 5.41) is 14.5. The highest BCUT2D eigenvalue weighted by atomic mass is 35.5. The maximum Gasteiger partial charge on any atom is 0.269 e. The van der Waals surface area contributed by atoms with Crippen LogP contribution in [-0.4, -0.2) is 16.5 Å². The number of fused-ring (bicyclic) bond motifs is 1. The summed E-state index contributed by atoms with van der Waals surface area (Å²) in [5.41, 5.74) is 2.06. The van der Waals surface area contributed by atoms with Crippen molar-refractivity contribution in [1.82, 2.24) is 4.98 Å². The minimum atomic E-state index is -0.435. The van der Waals surface area contributed by atoms with Crippen molar-refractivity contribution in [2.24, 2.45) is 0 Å². The first-order chi connectivity index (χ1) is 11.5. The summed E-state index contributed by atoms with van der Waals surface area (Å²) >= 11 is 5.98. The van der Waals surface area contributed by atoms with Gasteiger partial charge in [-0.25, -0.2) is 9.37 Å². The summed E-state index contributed by atoms with van der Waals surface area (Å²) in [7, 11) is 0. The molecule has 1 aromatic heterocycles. The van der Waals surface area contributed by atoms with Crippen molar-refractivity contribution in [2.75, 3.05) is 11.9 Å². The normalized spacial score (nSPS) is 10.8. The molecule has 24 heavy (non-hydrogen) atoms. The van der Waals surface area contributed by atoms with Crippen molar-refractivity contribution in [3.05, 3.63) is 75.2 Å². The van der Waals surface area contributed by atoms with Crippen molar-refractivity contribution in [2.45, 2.75) is 6.42 Å². The van der Waals surface area contributed by atoms with E-state index in [2.05, 4.69) is 10.3 Å². The van der Waals surface area contributed by atoms with Gasteiger partial charge < -0.3 is 5.32 Å². The summed E-state index contributed by atoms with van der Waals surface area (Å²) in [4.78, 5) is 14.3. The SMILES string of the molecule is O=[N+]([O-])c1ccc(CCNc2cc(Cl)nc3cccc(F)c23)cc1. The fourth-order valence-corrected chi connectivity index (χ4v) is 2.68. The molecule has 0 amide bonds. The Morgan fingerprint density at radius 3 is 2.67 bits per heavy atom. The maximum absolute atomic E-state index is 14.1. The fraction of sp³-hybridized carbons (Fsp3) is 0.118. The predicted molar refractivity (Wildman–Crippen MR) is 92.0 cm³/mol. The maximum atomic E-state index is 14.1. The summed E-state index contributed by atoms with van der Waals surface area (Å²) in [6.45, 7) is 0.529. The molecule has 0 fully saturated rings. The Morgan fingerprint density at radius 1 is 1.21 bits per heavy atom. The molecule has 7 heteroatoms. The number of hydrogen-bond acceptors (Lipinski definition) is 4. The van der Waals surface area contributed by atoms with E-state index in [1.165, 1.54) is 18.2 Å². The summed E-state index contributed by atoms with van der Waals surface area (Å²) in [6.07, 6.45) is 0.633. The molecular weight excluding hydrogens is 333 g/mol. The van der Waals surface area contributed by atoms with Gasteiger partial charge in [0.1, 0.15) is 11.0 Å². The number of benzene rings is 2. The Hall–Kier alpha value is -2.73. The molecule has 0 aliphatic carbocycles. The van der Waals surface area contributed by atoms with E-state index >= 15 is 0 Å². The molecule has 122 valence electrons. The zero-order chi connectivity index (χ0) is 17.1. The first-order valence-electron chi connectivity index (χ1n) is 7.26. The second-order valence-corrected chi connectivity index (χ2v) is 5.61. The van der Waals surface area contributed by atoms with Crippen LogP contribution in [0.3, 0.4) is 0 Å². The Kier molecular flexibility index (Phi) is 4.57. The van der Waals surface area contributed by atoms with Crippen LogP contribution < -0.4 is 5.32 Å². The first-order valence-corrected chi connectivity index (χ1v) is 7.64. The fourth-order valence-electron chi connectivity index (χ4n) is 2.48. The molecule has 1 heterocycles. The Balaban J connectivity index is 1.75. The number of nitrogens with one attached hydrogen (secondary N) is 1. The smallest absolute Gasteiger partial charge is 0.269 e. The Morgan fingerprint density at radius 2 is 1.96 bits per heavy atom. The van der Waals surface area contributed by atoms with Crippen LogP contribution in [0.5, 0.6) is 0 Å². The lowest BCUT2D eigenvalue weighted by atomic mass is 10.1. The molecule has 0 atom stereocenters. The second kappa shape index (κ2) is 6.80. The molecule has 3 rings (SSSR count). The van der Waals surface area contributed by atoms with E-state index in [9.17, 15) is 14.5 Å². The molecule has 0 radical (unpaired) electrons. The molecule has 0 bridgehead atoms. The summed E-state index contributed by atoms with van der Waals surface area (Å²) in [6, 6.07) is 12.6. The zero-order valence-corrected chi connectivity index (χ0v) is 13.3. The quantitative estimate of drug-likeness (QED) is 0.417. The number of rotatable bonds is 5. The highest BCUT2D eigenvalue weighted by molar-refractivity contribution is 6.30. The minimum absolute atomic E-state index is 0.0562. The number of nitro benzene ring substituents is 1. The van der Waals surface area contributed by atoms with Gasteiger partial charge in [0.25, 0.3) is 5.69 Å². The van der Waals surface area contributed by atoms with E-state index in [1.54, 1.807) is 30.3 Å². The number of non-ortho nitro benzene ring substituents is 1. The molecule has 0 unspecified atom stereocenters. The van der Waals surface area contributed by atoms with Crippen molar-refractivity contribution in [3.63, 3.8) is 0 Å². The number of nitro groups is 1. The van der Waals surface area contributed by atoms with E-state index < -0.39 is 4.92 Å². The second-order valence-electron chi connectivity index (χ2n) is 5.23. The lowest BCUT2D eigenvalue weighted by Crippen LogP contribution is -2.06. The molecule has 2 aromatic carbocycles. The third kappa shape index (κ3) is 3.44. The van der Waals surface area contributed by atoms with Crippen molar-refractivity contribution in [3.8, 4) is 0 Å². The van der Waals surface area contributed by atoms with Gasteiger partial charge in [-0.2, -0.15) is 0 Å². The van der Waals surface area contributed by atoms with Gasteiger partial charge >= 0.3 is 0 Å². The van der Waals surface area contributed by atoms with Crippen LogP contribution in [0, 0.1) is 15.9 Å². The largest absolute Gasteiger partial charge is 0.384 e. The van der Waals surface area contributed by atoms with Crippen LogP contribution in [0.2, 0.25) is 5.15 Å². The molecule has 0 saturated carbocycles. The number of halogens is 2. The number of pyridine rings is 1. The molecule has 0 saturated heterocycles. The van der Waals surface area contributed by atoms with E-state index in [-0.39, 0.29) is 16.7 Å². The lowest BCUT2D eigenvalue weighted by molar-refractivity contribution is -0.384. The lowest BCUT2D eigenvalue weighted by Gasteiger charge is -2.11. The molecule has 3 aromatic rings. The topological polar surface area (TPSA) is 68.1 Å². The molecule has 5 nitrogen and oxygen atoms in total. The number of nitrogens with zero attached hydrogens (tertiary/aromatic N) is 2. The third-order valence-corrected chi connectivity index (χ3v) is 3.82. The van der Waals surface area contributed by atoms with Gasteiger partial charge in [-0.05, 0) is 30.2 Å². The van der Waals surface area contributed by atoms with Gasteiger partial charge in [0.2, 0.25) is 0 Å². The van der Waals surface area contributed by atoms with Gasteiger partial charge in [0.15, 0.2) is 0 Å². The highest BCUT2D eigenvalue weighted by Crippen LogP contribution is 2.27. The van der Waals surface area contributed by atoms with Crippen LogP contribution in [0.1, 0.15) is 5.56 Å². The van der Waals surface area contributed by atoms with Crippen molar-refractivity contribution < 1.29 is 9.31 Å². The molecule has 0 aliphatic rings. The van der Waals surface area contributed by atoms with Crippen molar-refractivity contribution in [1.29, 1.82) is 0 Å². The number of aromatic nitrogens is 1. The third-order valence-electron chi connectivity index (χ3n) is 3.63. The van der Waals surface area contributed by atoms with E-state index in [0.29, 0.717) is 29.6 Å². The minimum Gasteiger partial charge on any atom is -0.384 e. The summed E-state index contributed by atoms with van der Waals surface area (Å²) < 4.78 is 14.1. The van der Waals surface area contributed by atoms with Crippen LogP contribution in [0.25, 0.3) is 10.9 Å². The molecular formula is C17H13ClFN3O2. The zero-order valence-electron chi connectivity index (χ0n) is 12.5. The monoisotopic (exact) mass is 345 g/mol. The number of hydrogen-bond donors (Lipinski definition) is 1. The average molecular weight is 346 g/mol. The van der Waals surface area contributed by atoms with Gasteiger partial charge in [-0.1, -0.05) is 29.8 Å². The first kappa shape index (κ1) is 16.1. The van der Waals surface area contributed by atoms with Crippen LogP contribution >= 0.6 is 11.6 Å². The highest BCUT2D eigenvalue weighted by Gasteiger charge is 2.09. The van der Waals surface area contributed by atoms with Crippen molar-refractivity contribution >= 4 is 33.9 Å². The molecule has 0 spiro atoms. The van der Waals surface area contributed by atoms with E-state index in [1.807, 2.05) is 0 Å². The van der Waals surface area contributed by atoms with Crippen LogP contribution in [0.15, 0.2) is 48.5 Å². The summed E-state index contributed by atoms with van der Waals surface area (Å²) in [5.74, 6) is -0.366. The predicted octanol–water partition coefficient (Wildman–Crippen LogP) is 4.59. The Labute approximate surface area is 142 Å². The van der Waals surface area contributed by atoms with E-state index in [0.717, 1.165) is 5.56 Å². The average Bonchev–Trinajstić information content (AvgIpc) is 2.55. The molecule has 0 aliphatic heterocycles. The van der Waals surface area contributed by atoms with Gasteiger partial charge in [-0.3, -0.25) is 10.1 Å². The molecule has 1 N–H and O–H groups in total. The van der Waals surface area contributed by atoms with Gasteiger partial charge in [0.05, 0.1) is 15.8 Å². The Bertz CT molecular complexity index is 900. The van der Waals surface area contributed by atoms with Crippen LogP contribution in [0.4, 0.5) is 15.8 Å². The standard InChI is InChI=1S/C17H13ClFN3O2/c18-16-10-15(17-13(19)2-1-3-14(17)21-16)20-9-8-11-4-6-12(7-5-11)22(23)24/h1-7,10H,8-9H2,(H,20,21). The van der Waals surface area contributed by atoms with E-state index in [4.69, 9.17) is 11.6 Å². The van der Waals surface area contributed by atoms with Gasteiger partial charge in [0, 0.05) is 24.4 Å². The van der Waals surface area contributed by atoms with Crippen LogP contribution in [-0.2, 0) is 6.42 Å². The van der Waals surface area contributed by atoms with Gasteiger partial charge in [-0.15, -0.1) is 0 Å². The number of anilines is 1.